The van der Waals surface area contributed by atoms with Gasteiger partial charge in [-0.3, -0.25) is 14.5 Å². The Kier molecular flexibility index (Phi) is 5.53. The normalized spacial score (nSPS) is 13.6. The van der Waals surface area contributed by atoms with Crippen LogP contribution in [0.2, 0.25) is 0 Å². The second-order valence-corrected chi connectivity index (χ2v) is 6.26. The van der Waals surface area contributed by atoms with Crippen LogP contribution in [0.5, 0.6) is 0 Å². The largest absolute Gasteiger partial charge is 0.326 e. The molecule has 1 aliphatic rings. The van der Waals surface area contributed by atoms with Crippen molar-refractivity contribution in [3.63, 3.8) is 0 Å². The van der Waals surface area contributed by atoms with Gasteiger partial charge in [0.15, 0.2) is 11.6 Å². The predicted molar refractivity (Wildman–Crippen MR) is 100 cm³/mol. The fourth-order valence-electron chi connectivity index (χ4n) is 2.84. The van der Waals surface area contributed by atoms with Gasteiger partial charge in [-0.05, 0) is 36.4 Å². The van der Waals surface area contributed by atoms with Crippen molar-refractivity contribution in [3.05, 3.63) is 54.1 Å². The number of carbonyl (C=O) groups excluding carboxylic acids is 3. The molecular formula is C19H18F2N4O3. The molecular weight excluding hydrogens is 370 g/mol. The molecule has 0 radical (unpaired) electrons. The van der Waals surface area contributed by atoms with Crippen molar-refractivity contribution in [2.24, 2.45) is 0 Å². The summed E-state index contributed by atoms with van der Waals surface area (Å²) in [6.07, 6.45) is 0. The molecule has 9 heteroatoms. The quantitative estimate of drug-likeness (QED) is 0.827. The highest BCUT2D eigenvalue weighted by molar-refractivity contribution is 5.99. The Morgan fingerprint density at radius 2 is 1.61 bits per heavy atom. The number of halogens is 2. The number of nitrogens with one attached hydrogen (secondary N) is 2. The zero-order valence-electron chi connectivity index (χ0n) is 15.0. The van der Waals surface area contributed by atoms with Crippen molar-refractivity contribution in [1.29, 1.82) is 0 Å². The molecule has 2 aromatic carbocycles. The van der Waals surface area contributed by atoms with Gasteiger partial charge in [-0.15, -0.1) is 0 Å². The van der Waals surface area contributed by atoms with Crippen LogP contribution in [0, 0.1) is 11.6 Å². The number of hydrogen-bond donors (Lipinski definition) is 2. The molecule has 3 rings (SSSR count). The second-order valence-electron chi connectivity index (χ2n) is 6.26. The molecule has 2 aromatic rings. The van der Waals surface area contributed by atoms with Gasteiger partial charge < -0.3 is 15.5 Å². The number of hydrogen-bond acceptors (Lipinski definition) is 3. The summed E-state index contributed by atoms with van der Waals surface area (Å²) in [6.45, 7) is 1.77. The summed E-state index contributed by atoms with van der Waals surface area (Å²) >= 11 is 0. The van der Waals surface area contributed by atoms with Gasteiger partial charge in [0.2, 0.25) is 11.8 Å². The van der Waals surface area contributed by atoms with E-state index in [-0.39, 0.29) is 31.2 Å². The highest BCUT2D eigenvalue weighted by Crippen LogP contribution is 2.22. The lowest BCUT2D eigenvalue weighted by Crippen LogP contribution is -2.37. The monoisotopic (exact) mass is 388 g/mol. The van der Waals surface area contributed by atoms with Crippen molar-refractivity contribution in [2.75, 3.05) is 35.2 Å². The third-order valence-electron chi connectivity index (χ3n) is 4.13. The Balaban J connectivity index is 1.58. The van der Waals surface area contributed by atoms with Gasteiger partial charge in [-0.2, -0.15) is 0 Å². The van der Waals surface area contributed by atoms with Crippen molar-refractivity contribution in [1.82, 2.24) is 4.90 Å². The minimum Gasteiger partial charge on any atom is -0.326 e. The summed E-state index contributed by atoms with van der Waals surface area (Å²) in [6, 6.07) is 9.31. The zero-order chi connectivity index (χ0) is 20.3. The van der Waals surface area contributed by atoms with E-state index in [1.54, 1.807) is 24.3 Å². The standard InChI is InChI=1S/C19H18F2N4O3/c1-12(26)22-13-2-4-14(5-3-13)23-18(27)11-24-8-9-25(19(24)28)15-6-7-16(20)17(21)10-15/h2-7,10H,8-9,11H2,1H3,(H,22,26)(H,23,27). The Bertz CT molecular complexity index is 918. The second kappa shape index (κ2) is 8.03. The Morgan fingerprint density at radius 3 is 2.21 bits per heavy atom. The number of nitrogens with zero attached hydrogens (tertiary/aromatic N) is 2. The number of benzene rings is 2. The molecule has 0 bridgehead atoms. The summed E-state index contributed by atoms with van der Waals surface area (Å²) < 4.78 is 26.5. The average Bonchev–Trinajstić information content (AvgIpc) is 2.99. The third kappa shape index (κ3) is 4.43. The van der Waals surface area contributed by atoms with Crippen LogP contribution in [0.3, 0.4) is 0 Å². The molecule has 0 aliphatic carbocycles. The van der Waals surface area contributed by atoms with Crippen molar-refractivity contribution in [3.8, 4) is 0 Å². The maximum absolute atomic E-state index is 13.4. The molecule has 0 aromatic heterocycles. The topological polar surface area (TPSA) is 81.8 Å². The average molecular weight is 388 g/mol. The van der Waals surface area contributed by atoms with Crippen molar-refractivity contribution in [2.45, 2.75) is 6.92 Å². The molecule has 1 fully saturated rings. The van der Waals surface area contributed by atoms with Crippen molar-refractivity contribution >= 4 is 34.9 Å². The Hall–Kier alpha value is -3.49. The summed E-state index contributed by atoms with van der Waals surface area (Å²) in [5.41, 5.74) is 1.35. The Morgan fingerprint density at radius 1 is 0.964 bits per heavy atom. The lowest BCUT2D eigenvalue weighted by molar-refractivity contribution is -0.116. The molecule has 7 nitrogen and oxygen atoms in total. The number of urea groups is 1. The highest BCUT2D eigenvalue weighted by atomic mass is 19.2. The summed E-state index contributed by atoms with van der Waals surface area (Å²) in [7, 11) is 0. The highest BCUT2D eigenvalue weighted by Gasteiger charge is 2.31. The fourth-order valence-corrected chi connectivity index (χ4v) is 2.84. The molecule has 1 saturated heterocycles. The van der Waals surface area contributed by atoms with Gasteiger partial charge in [0.05, 0.1) is 0 Å². The number of amides is 4. The number of anilines is 3. The SMILES string of the molecule is CC(=O)Nc1ccc(NC(=O)CN2CCN(c3ccc(F)c(F)c3)C2=O)cc1. The lowest BCUT2D eigenvalue weighted by Gasteiger charge is -2.18. The van der Waals surface area contributed by atoms with Gasteiger partial charge >= 0.3 is 6.03 Å². The molecule has 0 atom stereocenters. The minimum absolute atomic E-state index is 0.174. The van der Waals surface area contributed by atoms with Gasteiger partial charge in [-0.1, -0.05) is 0 Å². The number of rotatable bonds is 5. The minimum atomic E-state index is -1.04. The first kappa shape index (κ1) is 19.3. The molecule has 0 unspecified atom stereocenters. The maximum atomic E-state index is 13.4. The molecule has 4 amide bonds. The van der Waals surface area contributed by atoms with Crippen LogP contribution < -0.4 is 15.5 Å². The molecule has 1 aliphatic heterocycles. The zero-order valence-corrected chi connectivity index (χ0v) is 15.0. The van der Waals surface area contributed by atoms with E-state index in [4.69, 9.17) is 0 Å². The van der Waals surface area contributed by atoms with Gasteiger partial charge in [-0.25, -0.2) is 13.6 Å². The first-order chi connectivity index (χ1) is 13.3. The van der Waals surface area contributed by atoms with Crippen LogP contribution in [0.1, 0.15) is 6.92 Å². The fraction of sp³-hybridized carbons (Fsp3) is 0.211. The molecule has 0 spiro atoms. The van der Waals surface area contributed by atoms with E-state index in [0.717, 1.165) is 12.1 Å². The summed E-state index contributed by atoms with van der Waals surface area (Å²) in [5.74, 6) is -2.62. The summed E-state index contributed by atoms with van der Waals surface area (Å²) in [4.78, 5) is 38.3. The van der Waals surface area contributed by atoms with Crippen LogP contribution in [0.4, 0.5) is 30.6 Å². The van der Waals surface area contributed by atoms with Crippen LogP contribution in [-0.4, -0.2) is 42.4 Å². The van der Waals surface area contributed by atoms with Crippen LogP contribution in [0.15, 0.2) is 42.5 Å². The number of carbonyl (C=O) groups is 3. The van der Waals surface area contributed by atoms with Gasteiger partial charge in [0, 0.05) is 43.1 Å². The molecule has 0 saturated carbocycles. The predicted octanol–water partition coefficient (Wildman–Crippen LogP) is 2.80. The molecule has 1 heterocycles. The van der Waals surface area contributed by atoms with Crippen LogP contribution in [-0.2, 0) is 9.59 Å². The van der Waals surface area contributed by atoms with E-state index in [1.807, 2.05) is 0 Å². The van der Waals surface area contributed by atoms with E-state index in [2.05, 4.69) is 10.6 Å². The first-order valence-electron chi connectivity index (χ1n) is 8.52. The van der Waals surface area contributed by atoms with E-state index in [9.17, 15) is 23.2 Å². The van der Waals surface area contributed by atoms with E-state index >= 15 is 0 Å². The lowest BCUT2D eigenvalue weighted by atomic mass is 10.2. The molecule has 146 valence electrons. The Labute approximate surface area is 159 Å². The smallest absolute Gasteiger partial charge is 0.325 e. The van der Waals surface area contributed by atoms with Gasteiger partial charge in [0.25, 0.3) is 0 Å². The van der Waals surface area contributed by atoms with Gasteiger partial charge in [0.1, 0.15) is 6.54 Å². The molecule has 2 N–H and O–H groups in total. The summed E-state index contributed by atoms with van der Waals surface area (Å²) in [5, 5.41) is 5.28. The van der Waals surface area contributed by atoms with Crippen LogP contribution >= 0.6 is 0 Å². The van der Waals surface area contributed by atoms with Crippen molar-refractivity contribution < 1.29 is 23.2 Å². The van der Waals surface area contributed by atoms with E-state index < -0.39 is 23.6 Å². The first-order valence-corrected chi connectivity index (χ1v) is 8.52. The van der Waals surface area contributed by atoms with Crippen LogP contribution in [0.25, 0.3) is 0 Å². The van der Waals surface area contributed by atoms with E-state index in [1.165, 1.54) is 22.8 Å². The molecule has 28 heavy (non-hydrogen) atoms. The van der Waals surface area contributed by atoms with E-state index in [0.29, 0.717) is 11.4 Å². The maximum Gasteiger partial charge on any atom is 0.325 e. The third-order valence-corrected chi connectivity index (χ3v) is 4.13.